The molecule has 0 saturated heterocycles. The number of rotatable bonds is 10. The van der Waals surface area contributed by atoms with Crippen molar-refractivity contribution >= 4 is 5.57 Å². The molecule has 0 heterocycles. The molecule has 0 bridgehead atoms. The number of hydrogen-bond donors (Lipinski definition) is 1. The van der Waals surface area contributed by atoms with Crippen LogP contribution in [0.15, 0.2) is 30.3 Å². The van der Waals surface area contributed by atoms with Crippen LogP contribution in [0.5, 0.6) is 23.0 Å². The van der Waals surface area contributed by atoms with Gasteiger partial charge in [-0.05, 0) is 78.6 Å². The van der Waals surface area contributed by atoms with Crippen molar-refractivity contribution in [3.8, 4) is 23.0 Å². The molecule has 5 heteroatoms. The Balaban J connectivity index is 2.19. The Labute approximate surface area is 192 Å². The Morgan fingerprint density at radius 2 is 1.66 bits per heavy atom. The molecule has 2 aromatic carbocycles. The summed E-state index contributed by atoms with van der Waals surface area (Å²) >= 11 is 0. The van der Waals surface area contributed by atoms with Crippen molar-refractivity contribution in [1.29, 1.82) is 0 Å². The molecule has 3 rings (SSSR count). The van der Waals surface area contributed by atoms with Gasteiger partial charge >= 0.3 is 0 Å². The standard InChI is InChI=1S/C27H37NO4/c1-6-7-8-9-20-15-19(11-13-24(20)29-2)22-14-18(17-28)10-12-21-23(22)16-25(30-3)27(32-5)26(21)31-4/h11,13-16,18H,6-10,12,17,28H2,1-5H3. The molecule has 0 spiro atoms. The van der Waals surface area contributed by atoms with E-state index in [0.29, 0.717) is 18.0 Å². The normalized spacial score (nSPS) is 15.4. The fourth-order valence-electron chi connectivity index (χ4n) is 4.59. The SMILES string of the molecule is CCCCCc1cc(C2=CC(CN)CCc3c2cc(OC)c(OC)c3OC)ccc1OC. The second-order valence-corrected chi connectivity index (χ2v) is 8.27. The Kier molecular flexibility index (Phi) is 8.46. The van der Waals surface area contributed by atoms with Crippen molar-refractivity contribution in [2.45, 2.75) is 45.4 Å². The smallest absolute Gasteiger partial charge is 0.203 e. The third-order valence-corrected chi connectivity index (χ3v) is 6.33. The van der Waals surface area contributed by atoms with E-state index >= 15 is 0 Å². The zero-order valence-electron chi connectivity index (χ0n) is 20.1. The number of benzene rings is 2. The van der Waals surface area contributed by atoms with Gasteiger partial charge < -0.3 is 24.7 Å². The van der Waals surface area contributed by atoms with Gasteiger partial charge in [0.25, 0.3) is 0 Å². The first kappa shape index (κ1) is 24.0. The van der Waals surface area contributed by atoms with E-state index in [1.54, 1.807) is 28.4 Å². The molecule has 5 nitrogen and oxygen atoms in total. The van der Waals surface area contributed by atoms with Crippen molar-refractivity contribution in [3.05, 3.63) is 52.6 Å². The van der Waals surface area contributed by atoms with Gasteiger partial charge in [0, 0.05) is 5.56 Å². The Hall–Kier alpha value is -2.66. The molecule has 2 N–H and O–H groups in total. The van der Waals surface area contributed by atoms with Gasteiger partial charge in [0.2, 0.25) is 5.75 Å². The van der Waals surface area contributed by atoms with E-state index in [-0.39, 0.29) is 5.92 Å². The van der Waals surface area contributed by atoms with Crippen LogP contribution < -0.4 is 24.7 Å². The first-order valence-corrected chi connectivity index (χ1v) is 11.5. The molecule has 0 saturated carbocycles. The summed E-state index contributed by atoms with van der Waals surface area (Å²) in [4.78, 5) is 0. The summed E-state index contributed by atoms with van der Waals surface area (Å²) in [6.07, 6.45) is 8.69. The number of aryl methyl sites for hydroxylation is 1. The molecule has 1 aliphatic rings. The molecule has 0 aromatic heterocycles. The summed E-state index contributed by atoms with van der Waals surface area (Å²) in [6.45, 7) is 2.83. The molecular formula is C27H37NO4. The third-order valence-electron chi connectivity index (χ3n) is 6.33. The van der Waals surface area contributed by atoms with E-state index in [4.69, 9.17) is 24.7 Å². The Morgan fingerprint density at radius 3 is 2.28 bits per heavy atom. The zero-order valence-corrected chi connectivity index (χ0v) is 20.1. The van der Waals surface area contributed by atoms with Gasteiger partial charge in [0.15, 0.2) is 11.5 Å². The van der Waals surface area contributed by atoms with Crippen LogP contribution in [0.1, 0.15) is 54.9 Å². The van der Waals surface area contributed by atoms with Gasteiger partial charge in [-0.2, -0.15) is 0 Å². The van der Waals surface area contributed by atoms with Crippen molar-refractivity contribution < 1.29 is 18.9 Å². The molecule has 0 aliphatic heterocycles. The predicted octanol–water partition coefficient (Wildman–Crippen LogP) is 5.41. The van der Waals surface area contributed by atoms with Crippen LogP contribution in [-0.4, -0.2) is 35.0 Å². The van der Waals surface area contributed by atoms with Crippen molar-refractivity contribution in [2.24, 2.45) is 11.7 Å². The monoisotopic (exact) mass is 439 g/mol. The van der Waals surface area contributed by atoms with Gasteiger partial charge in [-0.1, -0.05) is 31.9 Å². The first-order chi connectivity index (χ1) is 15.6. The fraction of sp³-hybridized carbons (Fsp3) is 0.481. The first-order valence-electron chi connectivity index (χ1n) is 11.5. The van der Waals surface area contributed by atoms with Crippen LogP contribution in [0.4, 0.5) is 0 Å². The number of hydrogen-bond acceptors (Lipinski definition) is 5. The highest BCUT2D eigenvalue weighted by atomic mass is 16.5. The Bertz CT molecular complexity index is 951. The molecule has 1 atom stereocenters. The number of nitrogens with two attached hydrogens (primary N) is 1. The zero-order chi connectivity index (χ0) is 23.1. The highest BCUT2D eigenvalue weighted by Gasteiger charge is 2.26. The lowest BCUT2D eigenvalue weighted by atomic mass is 9.90. The topological polar surface area (TPSA) is 62.9 Å². The number of fused-ring (bicyclic) bond motifs is 1. The minimum absolute atomic E-state index is 0.282. The summed E-state index contributed by atoms with van der Waals surface area (Å²) in [7, 11) is 6.73. The van der Waals surface area contributed by atoms with Crippen LogP contribution >= 0.6 is 0 Å². The van der Waals surface area contributed by atoms with Crippen molar-refractivity contribution in [2.75, 3.05) is 35.0 Å². The van der Waals surface area contributed by atoms with Gasteiger partial charge in [-0.3, -0.25) is 0 Å². The lowest BCUT2D eigenvalue weighted by Gasteiger charge is -2.20. The predicted molar refractivity (Wildman–Crippen MR) is 130 cm³/mol. The molecule has 0 radical (unpaired) electrons. The van der Waals surface area contributed by atoms with Gasteiger partial charge in [0.1, 0.15) is 5.75 Å². The lowest BCUT2D eigenvalue weighted by molar-refractivity contribution is 0.321. The maximum Gasteiger partial charge on any atom is 0.203 e. The van der Waals surface area contributed by atoms with Crippen LogP contribution in [0, 0.1) is 5.92 Å². The summed E-state index contributed by atoms with van der Waals surface area (Å²) in [6, 6.07) is 8.56. The highest BCUT2D eigenvalue weighted by Crippen LogP contribution is 2.47. The largest absolute Gasteiger partial charge is 0.496 e. The summed E-state index contributed by atoms with van der Waals surface area (Å²) < 4.78 is 22.8. The molecular weight excluding hydrogens is 402 g/mol. The molecule has 0 fully saturated rings. The van der Waals surface area contributed by atoms with Crippen LogP contribution in [0.2, 0.25) is 0 Å². The second-order valence-electron chi connectivity index (χ2n) is 8.27. The summed E-state index contributed by atoms with van der Waals surface area (Å²) in [5.74, 6) is 3.26. The third kappa shape index (κ3) is 4.88. The number of ether oxygens (including phenoxy) is 4. The van der Waals surface area contributed by atoms with Crippen molar-refractivity contribution in [1.82, 2.24) is 0 Å². The quantitative estimate of drug-likeness (QED) is 0.502. The van der Waals surface area contributed by atoms with Gasteiger partial charge in [0.05, 0.1) is 28.4 Å². The minimum atomic E-state index is 0.282. The molecule has 32 heavy (non-hydrogen) atoms. The van der Waals surface area contributed by atoms with E-state index in [9.17, 15) is 0 Å². The van der Waals surface area contributed by atoms with Gasteiger partial charge in [-0.15, -0.1) is 0 Å². The van der Waals surface area contributed by atoms with E-state index in [1.165, 1.54) is 18.4 Å². The molecule has 2 aromatic rings. The number of methoxy groups -OCH3 is 4. The minimum Gasteiger partial charge on any atom is -0.496 e. The van der Waals surface area contributed by atoms with Crippen LogP contribution in [-0.2, 0) is 12.8 Å². The maximum atomic E-state index is 6.14. The average molecular weight is 440 g/mol. The molecule has 0 amide bonds. The maximum absolute atomic E-state index is 6.14. The summed E-state index contributed by atoms with van der Waals surface area (Å²) in [5, 5.41) is 0. The Morgan fingerprint density at radius 1 is 0.906 bits per heavy atom. The fourth-order valence-corrected chi connectivity index (χ4v) is 4.59. The van der Waals surface area contributed by atoms with Crippen molar-refractivity contribution in [3.63, 3.8) is 0 Å². The summed E-state index contributed by atoms with van der Waals surface area (Å²) in [5.41, 5.74) is 11.9. The molecule has 174 valence electrons. The molecule has 1 aliphatic carbocycles. The highest BCUT2D eigenvalue weighted by molar-refractivity contribution is 5.85. The van der Waals surface area contributed by atoms with Crippen LogP contribution in [0.25, 0.3) is 5.57 Å². The lowest BCUT2D eigenvalue weighted by Crippen LogP contribution is -2.12. The average Bonchev–Trinajstić information content (AvgIpc) is 3.02. The number of unbranched alkanes of at least 4 members (excludes halogenated alkanes) is 2. The van der Waals surface area contributed by atoms with E-state index in [1.807, 2.05) is 0 Å². The molecule has 1 unspecified atom stereocenters. The van der Waals surface area contributed by atoms with E-state index in [2.05, 4.69) is 37.3 Å². The van der Waals surface area contributed by atoms with E-state index in [0.717, 1.165) is 59.4 Å². The van der Waals surface area contributed by atoms with E-state index < -0.39 is 0 Å². The second kappa shape index (κ2) is 11.3. The van der Waals surface area contributed by atoms with Gasteiger partial charge in [-0.25, -0.2) is 0 Å². The van der Waals surface area contributed by atoms with Crippen LogP contribution in [0.3, 0.4) is 0 Å².